The SMILES string of the molecule is [2H]c1c([2H])c([C@@H](O)[C@H](N)C(=O)OCC)c([2H])c(O)c1O. The third-order valence-electron chi connectivity index (χ3n) is 1.99. The van der Waals surface area contributed by atoms with Gasteiger partial charge in [0, 0.05) is 0 Å². The van der Waals surface area contributed by atoms with Gasteiger partial charge in [-0.3, -0.25) is 4.79 Å². The fourth-order valence-electron chi connectivity index (χ4n) is 1.10. The molecule has 0 saturated heterocycles. The maximum Gasteiger partial charge on any atom is 0.325 e. The van der Waals surface area contributed by atoms with Crippen molar-refractivity contribution in [2.75, 3.05) is 6.61 Å². The maximum absolute atomic E-state index is 11.4. The van der Waals surface area contributed by atoms with Gasteiger partial charge >= 0.3 is 5.97 Å². The zero-order chi connectivity index (χ0) is 15.6. The topological polar surface area (TPSA) is 113 Å². The first-order valence-electron chi connectivity index (χ1n) is 6.35. The van der Waals surface area contributed by atoms with E-state index in [1.165, 1.54) is 6.92 Å². The average molecular weight is 244 g/mol. The number of rotatable bonds is 4. The lowest BCUT2D eigenvalue weighted by Gasteiger charge is -2.17. The van der Waals surface area contributed by atoms with Gasteiger partial charge in [0.2, 0.25) is 0 Å². The summed E-state index contributed by atoms with van der Waals surface area (Å²) < 4.78 is 27.2. The van der Waals surface area contributed by atoms with E-state index in [1.807, 2.05) is 0 Å². The first-order valence-corrected chi connectivity index (χ1v) is 4.85. The Morgan fingerprint density at radius 3 is 2.76 bits per heavy atom. The van der Waals surface area contributed by atoms with Crippen LogP contribution in [0.2, 0.25) is 0 Å². The number of aliphatic hydroxyl groups is 1. The second-order valence-corrected chi connectivity index (χ2v) is 3.21. The number of nitrogens with two attached hydrogens (primary N) is 1. The van der Waals surface area contributed by atoms with Crippen molar-refractivity contribution < 1.29 is 29.0 Å². The van der Waals surface area contributed by atoms with Crippen molar-refractivity contribution in [3.05, 3.63) is 23.7 Å². The highest BCUT2D eigenvalue weighted by atomic mass is 16.5. The summed E-state index contributed by atoms with van der Waals surface area (Å²) in [5.74, 6) is -2.85. The number of ether oxygens (including phenoxy) is 1. The second-order valence-electron chi connectivity index (χ2n) is 3.21. The quantitative estimate of drug-likeness (QED) is 0.438. The minimum absolute atomic E-state index is 0.0330. The van der Waals surface area contributed by atoms with E-state index < -0.39 is 53.3 Å². The highest BCUT2D eigenvalue weighted by molar-refractivity contribution is 5.76. The Bertz CT molecular complexity index is 508. The van der Waals surface area contributed by atoms with Gasteiger partial charge in [0.25, 0.3) is 0 Å². The normalized spacial score (nSPS) is 16.5. The van der Waals surface area contributed by atoms with E-state index in [9.17, 15) is 20.1 Å². The largest absolute Gasteiger partial charge is 0.504 e. The Morgan fingerprint density at radius 1 is 1.53 bits per heavy atom. The molecule has 0 aromatic heterocycles. The molecular formula is C11H15NO5. The smallest absolute Gasteiger partial charge is 0.325 e. The van der Waals surface area contributed by atoms with Gasteiger partial charge < -0.3 is 25.8 Å². The molecule has 0 saturated carbocycles. The van der Waals surface area contributed by atoms with Crippen LogP contribution >= 0.6 is 0 Å². The van der Waals surface area contributed by atoms with E-state index in [-0.39, 0.29) is 6.61 Å². The first kappa shape index (κ1) is 9.26. The molecule has 0 heterocycles. The molecule has 0 amide bonds. The standard InChI is InChI=1S/C11H15NO5/c1-2-17-11(16)9(12)10(15)6-3-4-7(13)8(14)5-6/h3-5,9-10,13-15H,2,12H2,1H3/t9-,10+/m0/s1/i3D,4D,5D. The Labute approximate surface area is 102 Å². The summed E-state index contributed by atoms with van der Waals surface area (Å²) >= 11 is 0. The number of hydrogen-bond donors (Lipinski definition) is 4. The molecule has 1 aromatic carbocycles. The Morgan fingerprint density at radius 2 is 2.18 bits per heavy atom. The molecule has 0 unspecified atom stereocenters. The molecule has 6 nitrogen and oxygen atoms in total. The van der Waals surface area contributed by atoms with Crippen LogP contribution in [0.4, 0.5) is 0 Å². The van der Waals surface area contributed by atoms with Crippen LogP contribution in [0.1, 0.15) is 22.7 Å². The molecule has 5 N–H and O–H groups in total. The molecule has 0 radical (unpaired) electrons. The van der Waals surface area contributed by atoms with Gasteiger partial charge in [0.05, 0.1) is 10.7 Å². The van der Waals surface area contributed by atoms with Crippen molar-refractivity contribution in [2.24, 2.45) is 5.73 Å². The molecule has 1 rings (SSSR count). The Balaban J connectivity index is 3.30. The second kappa shape index (κ2) is 5.51. The van der Waals surface area contributed by atoms with Crippen molar-refractivity contribution in [3.8, 4) is 11.5 Å². The summed E-state index contributed by atoms with van der Waals surface area (Å²) in [4.78, 5) is 11.4. The first-order chi connectivity index (χ1) is 9.23. The summed E-state index contributed by atoms with van der Waals surface area (Å²) in [6, 6.07) is -3.82. The lowest BCUT2D eigenvalue weighted by molar-refractivity contribution is -0.147. The van der Waals surface area contributed by atoms with Gasteiger partial charge in [-0.2, -0.15) is 0 Å². The zero-order valence-corrected chi connectivity index (χ0v) is 9.10. The van der Waals surface area contributed by atoms with Crippen LogP contribution < -0.4 is 5.73 Å². The number of benzene rings is 1. The number of aromatic hydroxyl groups is 2. The van der Waals surface area contributed by atoms with Gasteiger partial charge in [-0.05, 0) is 24.6 Å². The predicted octanol–water partition coefficient (Wildman–Crippen LogP) is 0.0216. The van der Waals surface area contributed by atoms with Crippen LogP contribution in [-0.4, -0.2) is 33.9 Å². The molecule has 0 bridgehead atoms. The van der Waals surface area contributed by atoms with Crippen LogP contribution in [-0.2, 0) is 9.53 Å². The number of hydrogen-bond acceptors (Lipinski definition) is 6. The number of esters is 1. The van der Waals surface area contributed by atoms with Crippen molar-refractivity contribution >= 4 is 5.97 Å². The molecule has 0 spiro atoms. The molecule has 6 heteroatoms. The number of aliphatic hydroxyl groups excluding tert-OH is 1. The molecule has 0 fully saturated rings. The molecule has 0 aliphatic rings. The van der Waals surface area contributed by atoms with Crippen LogP contribution in [0.25, 0.3) is 0 Å². The number of carbonyl (C=O) groups is 1. The molecule has 17 heavy (non-hydrogen) atoms. The maximum atomic E-state index is 11.4. The van der Waals surface area contributed by atoms with Crippen LogP contribution in [0.3, 0.4) is 0 Å². The monoisotopic (exact) mass is 244 g/mol. The van der Waals surface area contributed by atoms with Crippen molar-refractivity contribution in [1.82, 2.24) is 0 Å². The number of carbonyl (C=O) groups excluding carboxylic acids is 1. The predicted molar refractivity (Wildman–Crippen MR) is 59.3 cm³/mol. The fraction of sp³-hybridized carbons (Fsp3) is 0.364. The average Bonchev–Trinajstić information content (AvgIpc) is 2.42. The third kappa shape index (κ3) is 3.08. The van der Waals surface area contributed by atoms with E-state index in [1.54, 1.807) is 0 Å². The van der Waals surface area contributed by atoms with Crippen molar-refractivity contribution in [3.63, 3.8) is 0 Å². The molecular weight excluding hydrogens is 226 g/mol. The van der Waals surface area contributed by atoms with E-state index in [0.717, 1.165) is 0 Å². The van der Waals surface area contributed by atoms with Gasteiger partial charge in [-0.25, -0.2) is 0 Å². The molecule has 0 aliphatic heterocycles. The van der Waals surface area contributed by atoms with E-state index in [0.29, 0.717) is 0 Å². The van der Waals surface area contributed by atoms with Gasteiger partial charge in [-0.15, -0.1) is 0 Å². The van der Waals surface area contributed by atoms with E-state index >= 15 is 0 Å². The molecule has 94 valence electrons. The third-order valence-corrected chi connectivity index (χ3v) is 1.99. The number of phenolic OH excluding ortho intramolecular Hbond substituents is 2. The molecule has 1 aromatic rings. The van der Waals surface area contributed by atoms with Crippen molar-refractivity contribution in [1.29, 1.82) is 0 Å². The van der Waals surface area contributed by atoms with Crippen LogP contribution in [0.5, 0.6) is 11.5 Å². The molecule has 0 aliphatic carbocycles. The molecule has 2 atom stereocenters. The Hall–Kier alpha value is -1.79. The summed E-state index contributed by atoms with van der Waals surface area (Å²) in [5, 5.41) is 28.7. The summed E-state index contributed by atoms with van der Waals surface area (Å²) in [6.45, 7) is 1.57. The highest BCUT2D eigenvalue weighted by Gasteiger charge is 2.25. The van der Waals surface area contributed by atoms with Gasteiger partial charge in [-0.1, -0.05) is 6.04 Å². The lowest BCUT2D eigenvalue weighted by atomic mass is 10.0. The number of phenols is 2. The summed E-state index contributed by atoms with van der Waals surface area (Å²) in [5.41, 5.74) is 4.94. The van der Waals surface area contributed by atoms with E-state index in [4.69, 9.17) is 9.85 Å². The summed E-state index contributed by atoms with van der Waals surface area (Å²) in [6.07, 6.45) is -1.82. The Kier molecular flexibility index (Phi) is 3.00. The van der Waals surface area contributed by atoms with E-state index in [2.05, 4.69) is 4.74 Å². The summed E-state index contributed by atoms with van der Waals surface area (Å²) in [7, 11) is 0. The highest BCUT2D eigenvalue weighted by Crippen LogP contribution is 2.28. The fourth-order valence-corrected chi connectivity index (χ4v) is 1.10. The van der Waals surface area contributed by atoms with Crippen molar-refractivity contribution in [2.45, 2.75) is 19.1 Å². The van der Waals surface area contributed by atoms with Crippen LogP contribution in [0.15, 0.2) is 18.1 Å². The minimum atomic E-state index is -1.82. The zero-order valence-electron chi connectivity index (χ0n) is 12.1. The lowest BCUT2D eigenvalue weighted by Crippen LogP contribution is -2.38. The van der Waals surface area contributed by atoms with Crippen LogP contribution in [0, 0.1) is 0 Å². The van der Waals surface area contributed by atoms with Gasteiger partial charge in [0.15, 0.2) is 11.5 Å². The van der Waals surface area contributed by atoms with Gasteiger partial charge in [0.1, 0.15) is 12.1 Å². The minimum Gasteiger partial charge on any atom is -0.504 e.